The van der Waals surface area contributed by atoms with Crippen LogP contribution < -0.4 is 15.4 Å². The van der Waals surface area contributed by atoms with Crippen molar-refractivity contribution in [3.63, 3.8) is 0 Å². The van der Waals surface area contributed by atoms with E-state index < -0.39 is 0 Å². The summed E-state index contributed by atoms with van der Waals surface area (Å²) in [5.41, 5.74) is 2.89. The molecule has 32 heavy (non-hydrogen) atoms. The Kier molecular flexibility index (Phi) is 6.64. The Hall–Kier alpha value is -3.88. The van der Waals surface area contributed by atoms with Gasteiger partial charge in [0.25, 0.3) is 0 Å². The Morgan fingerprint density at radius 1 is 1.16 bits per heavy atom. The average molecular weight is 436 g/mol. The molecule has 0 unspecified atom stereocenters. The highest BCUT2D eigenvalue weighted by atomic mass is 19.1. The zero-order valence-corrected chi connectivity index (χ0v) is 18.1. The van der Waals surface area contributed by atoms with Crippen molar-refractivity contribution in [3.05, 3.63) is 65.9 Å². The van der Waals surface area contributed by atoms with E-state index in [0.29, 0.717) is 30.7 Å². The van der Waals surface area contributed by atoms with Crippen LogP contribution in [0, 0.1) is 5.82 Å². The van der Waals surface area contributed by atoms with Gasteiger partial charge in [-0.15, -0.1) is 0 Å². The summed E-state index contributed by atoms with van der Waals surface area (Å²) in [5, 5.41) is 14.7. The number of guanidine groups is 1. The Bertz CT molecular complexity index is 1200. The molecule has 2 aromatic heterocycles. The first-order valence-electron chi connectivity index (χ1n) is 10.5. The molecule has 4 aromatic rings. The Morgan fingerprint density at radius 3 is 2.78 bits per heavy atom. The molecule has 0 fully saturated rings. The first-order chi connectivity index (χ1) is 15.7. The number of hydrogen-bond donors (Lipinski definition) is 4. The topological polar surface area (TPSA) is 103 Å². The van der Waals surface area contributed by atoms with Gasteiger partial charge in [0, 0.05) is 35.8 Å². The van der Waals surface area contributed by atoms with Crippen LogP contribution in [-0.4, -0.2) is 46.3 Å². The minimum atomic E-state index is -0.234. The minimum Gasteiger partial charge on any atom is -0.497 e. The van der Waals surface area contributed by atoms with Gasteiger partial charge in [0.2, 0.25) is 0 Å². The lowest BCUT2D eigenvalue weighted by Crippen LogP contribution is -2.38. The second-order valence-corrected chi connectivity index (χ2v) is 7.21. The summed E-state index contributed by atoms with van der Waals surface area (Å²) in [6.07, 6.45) is 2.66. The average Bonchev–Trinajstić information content (AvgIpc) is 3.45. The molecule has 2 heterocycles. The number of methoxy groups -OCH3 is 1. The quantitative estimate of drug-likeness (QED) is 0.251. The SMILES string of the molecule is CCNC(=NCc1nc(-c2ccc(OC)cc2)n[nH]1)NCCc1c[nH]c2ccc(F)cc12. The molecule has 0 amide bonds. The lowest BCUT2D eigenvalue weighted by atomic mass is 10.1. The fourth-order valence-corrected chi connectivity index (χ4v) is 3.40. The van der Waals surface area contributed by atoms with Crippen molar-refractivity contribution in [2.24, 2.45) is 4.99 Å². The molecule has 0 saturated heterocycles. The molecule has 0 atom stereocenters. The molecule has 0 bridgehead atoms. The zero-order chi connectivity index (χ0) is 22.3. The number of aromatic nitrogens is 4. The van der Waals surface area contributed by atoms with E-state index in [-0.39, 0.29) is 5.82 Å². The summed E-state index contributed by atoms with van der Waals surface area (Å²) in [6, 6.07) is 12.3. The smallest absolute Gasteiger partial charge is 0.191 e. The highest BCUT2D eigenvalue weighted by Gasteiger charge is 2.08. The monoisotopic (exact) mass is 435 g/mol. The Balaban J connectivity index is 1.36. The van der Waals surface area contributed by atoms with Gasteiger partial charge in [-0.05, 0) is 61.4 Å². The van der Waals surface area contributed by atoms with Crippen molar-refractivity contribution < 1.29 is 9.13 Å². The predicted molar refractivity (Wildman–Crippen MR) is 123 cm³/mol. The normalized spacial score (nSPS) is 11.7. The van der Waals surface area contributed by atoms with E-state index in [4.69, 9.17) is 4.74 Å². The van der Waals surface area contributed by atoms with Crippen LogP contribution in [0.2, 0.25) is 0 Å². The third kappa shape index (κ3) is 5.05. The van der Waals surface area contributed by atoms with Crippen molar-refractivity contribution in [1.29, 1.82) is 0 Å². The van der Waals surface area contributed by atoms with E-state index in [1.165, 1.54) is 6.07 Å². The van der Waals surface area contributed by atoms with Crippen molar-refractivity contribution in [2.75, 3.05) is 20.2 Å². The standard InChI is InChI=1S/C23H26FN7O/c1-3-25-23(26-11-10-16-13-27-20-9-6-17(24)12-19(16)20)28-14-21-29-22(31-30-21)15-4-7-18(32-2)8-5-15/h4-9,12-13,27H,3,10-11,14H2,1-2H3,(H2,25,26,28)(H,29,30,31). The highest BCUT2D eigenvalue weighted by Crippen LogP contribution is 2.20. The number of nitrogens with one attached hydrogen (secondary N) is 4. The number of halogens is 1. The number of aliphatic imine (C=N–C) groups is 1. The van der Waals surface area contributed by atoms with Gasteiger partial charge in [0.15, 0.2) is 11.8 Å². The van der Waals surface area contributed by atoms with E-state index >= 15 is 0 Å². The highest BCUT2D eigenvalue weighted by molar-refractivity contribution is 5.83. The molecule has 9 heteroatoms. The van der Waals surface area contributed by atoms with E-state index in [2.05, 4.69) is 35.8 Å². The van der Waals surface area contributed by atoms with Crippen LogP contribution >= 0.6 is 0 Å². The van der Waals surface area contributed by atoms with Crippen LogP contribution in [0.1, 0.15) is 18.3 Å². The van der Waals surface area contributed by atoms with Crippen LogP contribution in [0.4, 0.5) is 4.39 Å². The molecule has 0 aliphatic rings. The van der Waals surface area contributed by atoms with Gasteiger partial charge in [-0.25, -0.2) is 14.4 Å². The van der Waals surface area contributed by atoms with Crippen LogP contribution in [0.25, 0.3) is 22.3 Å². The lowest BCUT2D eigenvalue weighted by molar-refractivity contribution is 0.415. The molecule has 4 N–H and O–H groups in total. The van der Waals surface area contributed by atoms with E-state index in [9.17, 15) is 4.39 Å². The Morgan fingerprint density at radius 2 is 2.00 bits per heavy atom. The third-order valence-corrected chi connectivity index (χ3v) is 5.03. The van der Waals surface area contributed by atoms with Crippen molar-refractivity contribution in [3.8, 4) is 17.1 Å². The maximum Gasteiger partial charge on any atom is 0.191 e. The maximum absolute atomic E-state index is 13.6. The first kappa shape index (κ1) is 21.4. The van der Waals surface area contributed by atoms with Crippen LogP contribution in [-0.2, 0) is 13.0 Å². The predicted octanol–water partition coefficient (Wildman–Crippen LogP) is 3.40. The fourth-order valence-electron chi connectivity index (χ4n) is 3.40. The molecule has 8 nitrogen and oxygen atoms in total. The molecule has 0 saturated carbocycles. The summed E-state index contributed by atoms with van der Waals surface area (Å²) >= 11 is 0. The number of hydrogen-bond acceptors (Lipinski definition) is 4. The molecular weight excluding hydrogens is 409 g/mol. The number of benzene rings is 2. The van der Waals surface area contributed by atoms with Gasteiger partial charge in [-0.3, -0.25) is 5.10 Å². The van der Waals surface area contributed by atoms with Gasteiger partial charge in [-0.1, -0.05) is 0 Å². The third-order valence-electron chi connectivity index (χ3n) is 5.03. The van der Waals surface area contributed by atoms with Crippen molar-refractivity contribution >= 4 is 16.9 Å². The molecule has 2 aromatic carbocycles. The first-order valence-corrected chi connectivity index (χ1v) is 10.5. The minimum absolute atomic E-state index is 0.234. The van der Waals surface area contributed by atoms with Crippen molar-refractivity contribution in [2.45, 2.75) is 19.9 Å². The number of ether oxygens (including phenoxy) is 1. The molecular formula is C23H26FN7O. The largest absolute Gasteiger partial charge is 0.497 e. The summed E-state index contributed by atoms with van der Waals surface area (Å²) in [5.74, 6) is 2.51. The van der Waals surface area contributed by atoms with E-state index in [1.807, 2.05) is 37.4 Å². The summed E-state index contributed by atoms with van der Waals surface area (Å²) in [4.78, 5) is 12.3. The number of aromatic amines is 2. The fraction of sp³-hybridized carbons (Fsp3) is 0.261. The van der Waals surface area contributed by atoms with Gasteiger partial charge in [0.1, 0.15) is 23.9 Å². The van der Waals surface area contributed by atoms with Gasteiger partial charge < -0.3 is 20.4 Å². The molecule has 0 spiro atoms. The molecule has 4 rings (SSSR count). The molecule has 166 valence electrons. The summed E-state index contributed by atoms with van der Waals surface area (Å²) in [7, 11) is 1.63. The van der Waals surface area contributed by atoms with E-state index in [1.54, 1.807) is 19.2 Å². The van der Waals surface area contributed by atoms with Gasteiger partial charge in [-0.2, -0.15) is 5.10 Å². The lowest BCUT2D eigenvalue weighted by Gasteiger charge is -2.10. The molecule has 0 aliphatic carbocycles. The summed E-state index contributed by atoms with van der Waals surface area (Å²) < 4.78 is 18.8. The second kappa shape index (κ2) is 9.95. The zero-order valence-electron chi connectivity index (χ0n) is 18.1. The summed E-state index contributed by atoms with van der Waals surface area (Å²) in [6.45, 7) is 3.76. The van der Waals surface area contributed by atoms with Crippen LogP contribution in [0.15, 0.2) is 53.7 Å². The van der Waals surface area contributed by atoms with Gasteiger partial charge in [0.05, 0.1) is 7.11 Å². The molecule has 0 radical (unpaired) electrons. The van der Waals surface area contributed by atoms with Gasteiger partial charge >= 0.3 is 0 Å². The number of rotatable bonds is 8. The number of fused-ring (bicyclic) bond motifs is 1. The van der Waals surface area contributed by atoms with Crippen LogP contribution in [0.3, 0.4) is 0 Å². The van der Waals surface area contributed by atoms with E-state index in [0.717, 1.165) is 40.7 Å². The molecule has 0 aliphatic heterocycles. The number of H-pyrrole nitrogens is 2. The second-order valence-electron chi connectivity index (χ2n) is 7.21. The number of nitrogens with zero attached hydrogens (tertiary/aromatic N) is 3. The van der Waals surface area contributed by atoms with Crippen molar-refractivity contribution in [1.82, 2.24) is 30.8 Å². The Labute approximate surface area is 185 Å². The van der Waals surface area contributed by atoms with Crippen LogP contribution in [0.5, 0.6) is 5.75 Å². The maximum atomic E-state index is 13.6.